The number of para-hydroxylation sites is 1. The molecular formula is C14H19N3O2S. The lowest BCUT2D eigenvalue weighted by Crippen LogP contribution is -2.12. The lowest BCUT2D eigenvalue weighted by molar-refractivity contribution is 0.600. The fourth-order valence-electron chi connectivity index (χ4n) is 1.94. The molecule has 0 spiro atoms. The first-order valence-electron chi connectivity index (χ1n) is 6.49. The van der Waals surface area contributed by atoms with E-state index in [4.69, 9.17) is 0 Å². The minimum atomic E-state index is -2.90. The van der Waals surface area contributed by atoms with Crippen molar-refractivity contribution in [1.82, 2.24) is 9.55 Å². The molecule has 2 rings (SSSR count). The normalized spacial score (nSPS) is 11.5. The third kappa shape index (κ3) is 4.09. The van der Waals surface area contributed by atoms with E-state index in [1.54, 1.807) is 0 Å². The number of rotatable bonds is 6. The summed E-state index contributed by atoms with van der Waals surface area (Å²) >= 11 is 0. The number of sulfone groups is 1. The number of anilines is 1. The van der Waals surface area contributed by atoms with E-state index in [1.165, 1.54) is 6.26 Å². The van der Waals surface area contributed by atoms with E-state index in [2.05, 4.69) is 10.3 Å². The Kier molecular flexibility index (Phi) is 4.44. The van der Waals surface area contributed by atoms with Gasteiger partial charge in [0.15, 0.2) is 0 Å². The second-order valence-corrected chi connectivity index (χ2v) is 7.08. The average molecular weight is 293 g/mol. The number of nitrogens with zero attached hydrogens (tertiary/aromatic N) is 2. The van der Waals surface area contributed by atoms with Crippen molar-refractivity contribution in [2.45, 2.75) is 13.3 Å². The van der Waals surface area contributed by atoms with Crippen LogP contribution in [0.25, 0.3) is 5.69 Å². The molecule has 0 amide bonds. The minimum absolute atomic E-state index is 0.186. The first kappa shape index (κ1) is 14.6. The molecule has 1 heterocycles. The van der Waals surface area contributed by atoms with Crippen LogP contribution in [0.2, 0.25) is 0 Å². The Bertz CT molecular complexity index is 663. The maximum absolute atomic E-state index is 11.1. The molecule has 1 N–H and O–H groups in total. The van der Waals surface area contributed by atoms with Crippen molar-refractivity contribution in [1.29, 1.82) is 0 Å². The van der Waals surface area contributed by atoms with Gasteiger partial charge in [0.1, 0.15) is 9.84 Å². The highest BCUT2D eigenvalue weighted by molar-refractivity contribution is 7.90. The maximum Gasteiger partial charge on any atom is 0.207 e. The van der Waals surface area contributed by atoms with Crippen LogP contribution in [0.1, 0.15) is 12.1 Å². The van der Waals surface area contributed by atoms with Crippen molar-refractivity contribution >= 4 is 15.8 Å². The number of aryl methyl sites for hydroxylation is 1. The molecule has 5 nitrogen and oxygen atoms in total. The second kappa shape index (κ2) is 6.09. The molecule has 6 heteroatoms. The van der Waals surface area contributed by atoms with Crippen molar-refractivity contribution < 1.29 is 8.42 Å². The highest BCUT2D eigenvalue weighted by Crippen LogP contribution is 2.16. The molecule has 1 aromatic carbocycles. The topological polar surface area (TPSA) is 64.0 Å². The Morgan fingerprint density at radius 3 is 2.60 bits per heavy atom. The number of nitrogens with one attached hydrogen (secondary N) is 1. The fourth-order valence-corrected chi connectivity index (χ4v) is 2.61. The van der Waals surface area contributed by atoms with Crippen molar-refractivity contribution in [2.75, 3.05) is 23.9 Å². The van der Waals surface area contributed by atoms with Gasteiger partial charge in [-0.15, -0.1) is 0 Å². The predicted octanol–water partition coefficient (Wildman–Crippen LogP) is 2.03. The summed E-state index contributed by atoms with van der Waals surface area (Å²) < 4.78 is 24.1. The molecule has 0 atom stereocenters. The van der Waals surface area contributed by atoms with E-state index in [9.17, 15) is 8.42 Å². The molecule has 0 aliphatic rings. The summed E-state index contributed by atoms with van der Waals surface area (Å²) in [6.45, 7) is 2.51. The molecule has 0 radical (unpaired) electrons. The monoisotopic (exact) mass is 293 g/mol. The number of benzene rings is 1. The van der Waals surface area contributed by atoms with Crippen LogP contribution in [0.15, 0.2) is 36.5 Å². The molecule has 1 aromatic heterocycles. The van der Waals surface area contributed by atoms with E-state index < -0.39 is 9.84 Å². The van der Waals surface area contributed by atoms with Crippen LogP contribution in [-0.4, -0.2) is 36.5 Å². The summed E-state index contributed by atoms with van der Waals surface area (Å²) in [4.78, 5) is 4.42. The Balaban J connectivity index is 2.05. The van der Waals surface area contributed by atoms with Gasteiger partial charge >= 0.3 is 0 Å². The standard InChI is InChI=1S/C14H19N3O2S/c1-12-11-17(13-7-4-3-5-8-13)14(16-12)15-9-6-10-20(2,18)19/h3-5,7-8,11H,6,9-10H2,1-2H3,(H,15,16). The molecule has 2 aromatic rings. The summed E-state index contributed by atoms with van der Waals surface area (Å²) in [5.74, 6) is 0.924. The van der Waals surface area contributed by atoms with Gasteiger partial charge in [-0.1, -0.05) is 18.2 Å². The number of imidazole rings is 1. The van der Waals surface area contributed by atoms with Crippen LogP contribution in [-0.2, 0) is 9.84 Å². The van der Waals surface area contributed by atoms with Crippen LogP contribution >= 0.6 is 0 Å². The van der Waals surface area contributed by atoms with Crippen LogP contribution in [0.5, 0.6) is 0 Å². The van der Waals surface area contributed by atoms with Gasteiger partial charge < -0.3 is 5.32 Å². The van der Waals surface area contributed by atoms with Crippen molar-refractivity contribution in [3.63, 3.8) is 0 Å². The maximum atomic E-state index is 11.1. The number of hydrogen-bond donors (Lipinski definition) is 1. The molecule has 0 saturated carbocycles. The van der Waals surface area contributed by atoms with Gasteiger partial charge in [0, 0.05) is 24.7 Å². The van der Waals surface area contributed by atoms with Crippen LogP contribution < -0.4 is 5.32 Å². The first-order chi connectivity index (χ1) is 9.46. The Hall–Kier alpha value is -1.82. The first-order valence-corrected chi connectivity index (χ1v) is 8.55. The molecule has 0 unspecified atom stereocenters. The lowest BCUT2D eigenvalue weighted by atomic mass is 10.3. The molecular weight excluding hydrogens is 274 g/mol. The third-order valence-corrected chi connectivity index (χ3v) is 3.87. The summed E-state index contributed by atoms with van der Waals surface area (Å²) in [6.07, 6.45) is 3.77. The van der Waals surface area contributed by atoms with Gasteiger partial charge in [-0.05, 0) is 25.5 Å². The zero-order valence-electron chi connectivity index (χ0n) is 11.7. The highest BCUT2D eigenvalue weighted by Gasteiger charge is 2.07. The van der Waals surface area contributed by atoms with E-state index in [0.717, 1.165) is 17.3 Å². The predicted molar refractivity (Wildman–Crippen MR) is 81.1 cm³/mol. The largest absolute Gasteiger partial charge is 0.355 e. The summed E-state index contributed by atoms with van der Waals surface area (Å²) in [5, 5.41) is 3.19. The zero-order valence-corrected chi connectivity index (χ0v) is 12.5. The fraction of sp³-hybridized carbons (Fsp3) is 0.357. The van der Waals surface area contributed by atoms with E-state index >= 15 is 0 Å². The summed E-state index contributed by atoms with van der Waals surface area (Å²) in [5.41, 5.74) is 1.94. The lowest BCUT2D eigenvalue weighted by Gasteiger charge is -2.09. The van der Waals surface area contributed by atoms with Gasteiger partial charge in [0.05, 0.1) is 11.4 Å². The zero-order chi connectivity index (χ0) is 14.6. The smallest absolute Gasteiger partial charge is 0.207 e. The number of aromatic nitrogens is 2. The van der Waals surface area contributed by atoms with E-state index in [1.807, 2.05) is 48.0 Å². The molecule has 108 valence electrons. The SMILES string of the molecule is Cc1cn(-c2ccccc2)c(NCCCS(C)(=O)=O)n1. The summed E-state index contributed by atoms with van der Waals surface area (Å²) in [6, 6.07) is 9.91. The second-order valence-electron chi connectivity index (χ2n) is 4.82. The van der Waals surface area contributed by atoms with Gasteiger partial charge in [-0.2, -0.15) is 0 Å². The Labute approximate surface area is 119 Å². The molecule has 0 aliphatic heterocycles. The van der Waals surface area contributed by atoms with Gasteiger partial charge in [-0.3, -0.25) is 4.57 Å². The Morgan fingerprint density at radius 2 is 1.95 bits per heavy atom. The van der Waals surface area contributed by atoms with Crippen molar-refractivity contribution in [2.24, 2.45) is 0 Å². The van der Waals surface area contributed by atoms with Gasteiger partial charge in [-0.25, -0.2) is 13.4 Å². The molecule has 0 aliphatic carbocycles. The average Bonchev–Trinajstić information content (AvgIpc) is 2.76. The van der Waals surface area contributed by atoms with E-state index in [-0.39, 0.29) is 5.75 Å². The molecule has 0 bridgehead atoms. The molecule has 0 fully saturated rings. The molecule has 0 saturated heterocycles. The number of hydrogen-bond acceptors (Lipinski definition) is 4. The van der Waals surface area contributed by atoms with Crippen LogP contribution in [0.3, 0.4) is 0 Å². The molecule has 20 heavy (non-hydrogen) atoms. The van der Waals surface area contributed by atoms with Crippen LogP contribution in [0.4, 0.5) is 5.95 Å². The summed E-state index contributed by atoms with van der Waals surface area (Å²) in [7, 11) is -2.90. The quantitative estimate of drug-likeness (QED) is 0.828. The minimum Gasteiger partial charge on any atom is -0.355 e. The highest BCUT2D eigenvalue weighted by atomic mass is 32.2. The van der Waals surface area contributed by atoms with Crippen molar-refractivity contribution in [3.05, 3.63) is 42.2 Å². The van der Waals surface area contributed by atoms with Crippen LogP contribution in [0, 0.1) is 6.92 Å². The van der Waals surface area contributed by atoms with E-state index in [0.29, 0.717) is 13.0 Å². The van der Waals surface area contributed by atoms with Gasteiger partial charge in [0.2, 0.25) is 5.95 Å². The third-order valence-electron chi connectivity index (χ3n) is 2.84. The Morgan fingerprint density at radius 1 is 1.25 bits per heavy atom. The van der Waals surface area contributed by atoms with Gasteiger partial charge in [0.25, 0.3) is 0 Å². The van der Waals surface area contributed by atoms with Crippen molar-refractivity contribution in [3.8, 4) is 5.69 Å².